The smallest absolute Gasteiger partial charge is 0.122 e. The molecule has 2 aromatic carbocycles. The third kappa shape index (κ3) is 6.30. The molecule has 0 radical (unpaired) electrons. The van der Waals surface area contributed by atoms with E-state index < -0.39 is 0 Å². The molecule has 0 atom stereocenters. The van der Waals surface area contributed by atoms with Gasteiger partial charge in [-0.15, -0.1) is 0 Å². The van der Waals surface area contributed by atoms with Gasteiger partial charge in [-0.1, -0.05) is 17.7 Å². The molecule has 0 aliphatic carbocycles. The molecule has 2 rings (SSSR count). The summed E-state index contributed by atoms with van der Waals surface area (Å²) in [5.41, 5.74) is 2.03. The fraction of sp³-hybridized carbons (Fsp3) is 0.368. The van der Waals surface area contributed by atoms with Crippen LogP contribution >= 0.6 is 11.6 Å². The van der Waals surface area contributed by atoms with Gasteiger partial charge in [-0.2, -0.15) is 0 Å². The number of aryl methyl sites for hydroxylation is 1. The Bertz CT molecular complexity index is 634. The Hall–Kier alpha value is -1.91. The fourth-order valence-corrected chi connectivity index (χ4v) is 2.42. The van der Waals surface area contributed by atoms with Crippen molar-refractivity contribution in [3.05, 3.63) is 53.1 Å². The number of nitrogens with one attached hydrogen (secondary N) is 1. The van der Waals surface area contributed by atoms with E-state index in [9.17, 15) is 0 Å². The average molecular weight is 350 g/mol. The number of halogens is 1. The van der Waals surface area contributed by atoms with Crippen LogP contribution in [0.15, 0.2) is 42.5 Å². The molecule has 0 heterocycles. The topological polar surface area (TPSA) is 39.7 Å². The van der Waals surface area contributed by atoms with Gasteiger partial charge in [0.25, 0.3) is 0 Å². The largest absolute Gasteiger partial charge is 0.491 e. The molecule has 0 amide bonds. The monoisotopic (exact) mass is 349 g/mol. The molecule has 0 fully saturated rings. The molecule has 0 aliphatic rings. The summed E-state index contributed by atoms with van der Waals surface area (Å²) in [4.78, 5) is 0. The molecule has 0 spiro atoms. The standard InChI is InChI=1S/C19H24ClNO3/c1-3-22-11-12-23-18-6-4-5-17(14-18)21-9-10-24-19-8-7-16(20)13-15(19)2/h4-8,13-14,21H,3,9-12H2,1-2H3. The van der Waals surface area contributed by atoms with Crippen LogP contribution in [0.3, 0.4) is 0 Å². The van der Waals surface area contributed by atoms with Crippen molar-refractivity contribution in [3.8, 4) is 11.5 Å². The maximum atomic E-state index is 5.94. The Morgan fingerprint density at radius 3 is 2.67 bits per heavy atom. The minimum Gasteiger partial charge on any atom is -0.491 e. The lowest BCUT2D eigenvalue weighted by Crippen LogP contribution is -2.12. The third-order valence-corrected chi connectivity index (χ3v) is 3.60. The molecule has 4 nitrogen and oxygen atoms in total. The molecule has 5 heteroatoms. The van der Waals surface area contributed by atoms with Gasteiger partial charge < -0.3 is 19.5 Å². The minimum atomic E-state index is 0.552. The Balaban J connectivity index is 1.73. The molecule has 1 N–H and O–H groups in total. The molecular formula is C19H24ClNO3. The van der Waals surface area contributed by atoms with Gasteiger partial charge in [0, 0.05) is 29.9 Å². The second kappa shape index (κ2) is 10.1. The van der Waals surface area contributed by atoms with E-state index >= 15 is 0 Å². The highest BCUT2D eigenvalue weighted by molar-refractivity contribution is 6.30. The van der Waals surface area contributed by atoms with Crippen LogP contribution in [-0.4, -0.2) is 33.0 Å². The first-order chi connectivity index (χ1) is 11.7. The first-order valence-electron chi connectivity index (χ1n) is 8.12. The molecular weight excluding hydrogens is 326 g/mol. The summed E-state index contributed by atoms with van der Waals surface area (Å²) < 4.78 is 16.7. The van der Waals surface area contributed by atoms with E-state index in [4.69, 9.17) is 25.8 Å². The fourth-order valence-electron chi connectivity index (χ4n) is 2.19. The van der Waals surface area contributed by atoms with Crippen molar-refractivity contribution >= 4 is 17.3 Å². The Kier molecular flexibility index (Phi) is 7.72. The van der Waals surface area contributed by atoms with Gasteiger partial charge in [-0.05, 0) is 49.7 Å². The zero-order valence-corrected chi connectivity index (χ0v) is 14.9. The van der Waals surface area contributed by atoms with Gasteiger partial charge in [0.2, 0.25) is 0 Å². The Labute approximate surface area is 148 Å². The number of anilines is 1. The lowest BCUT2D eigenvalue weighted by Gasteiger charge is -2.12. The molecule has 24 heavy (non-hydrogen) atoms. The SMILES string of the molecule is CCOCCOc1cccc(NCCOc2ccc(Cl)cc2C)c1. The maximum Gasteiger partial charge on any atom is 0.122 e. The van der Waals surface area contributed by atoms with Gasteiger partial charge in [0.15, 0.2) is 0 Å². The normalized spacial score (nSPS) is 10.5. The summed E-state index contributed by atoms with van der Waals surface area (Å²) in [7, 11) is 0. The zero-order valence-electron chi connectivity index (χ0n) is 14.2. The summed E-state index contributed by atoms with van der Waals surface area (Å²) in [6.45, 7) is 7.08. The van der Waals surface area contributed by atoms with Crippen molar-refractivity contribution < 1.29 is 14.2 Å². The number of hydrogen-bond acceptors (Lipinski definition) is 4. The number of hydrogen-bond donors (Lipinski definition) is 1. The molecule has 0 unspecified atom stereocenters. The summed E-state index contributed by atoms with van der Waals surface area (Å²) in [5, 5.41) is 4.05. The van der Waals surface area contributed by atoms with Crippen LogP contribution < -0.4 is 14.8 Å². The highest BCUT2D eigenvalue weighted by atomic mass is 35.5. The maximum absolute atomic E-state index is 5.94. The van der Waals surface area contributed by atoms with E-state index in [0.29, 0.717) is 33.0 Å². The van der Waals surface area contributed by atoms with Gasteiger partial charge in [0.1, 0.15) is 24.7 Å². The average Bonchev–Trinajstić information content (AvgIpc) is 2.58. The van der Waals surface area contributed by atoms with E-state index in [1.54, 1.807) is 0 Å². The van der Waals surface area contributed by atoms with Crippen molar-refractivity contribution in [1.82, 2.24) is 0 Å². The van der Waals surface area contributed by atoms with Crippen LogP contribution in [0, 0.1) is 6.92 Å². The number of ether oxygens (including phenoxy) is 3. The van der Waals surface area contributed by atoms with Crippen molar-refractivity contribution in [2.75, 3.05) is 38.3 Å². The van der Waals surface area contributed by atoms with Gasteiger partial charge in [-0.3, -0.25) is 0 Å². The molecule has 0 aliphatic heterocycles. The van der Waals surface area contributed by atoms with Crippen molar-refractivity contribution in [1.29, 1.82) is 0 Å². The van der Waals surface area contributed by atoms with Crippen LogP contribution in [0.4, 0.5) is 5.69 Å². The summed E-state index contributed by atoms with van der Waals surface area (Å²) in [5.74, 6) is 1.68. The molecule has 2 aromatic rings. The molecule has 0 saturated heterocycles. The predicted octanol–water partition coefficient (Wildman–Crippen LogP) is 4.55. The summed E-state index contributed by atoms with van der Waals surface area (Å²) in [6.07, 6.45) is 0. The number of benzene rings is 2. The van der Waals surface area contributed by atoms with Crippen LogP contribution in [-0.2, 0) is 4.74 Å². The second-order valence-corrected chi connectivity index (χ2v) is 5.69. The summed E-state index contributed by atoms with van der Waals surface area (Å²) >= 11 is 5.94. The lowest BCUT2D eigenvalue weighted by molar-refractivity contribution is 0.110. The van der Waals surface area contributed by atoms with E-state index in [2.05, 4.69) is 5.32 Å². The van der Waals surface area contributed by atoms with Crippen LogP contribution in [0.5, 0.6) is 11.5 Å². The Morgan fingerprint density at radius 1 is 1.00 bits per heavy atom. The highest BCUT2D eigenvalue weighted by Crippen LogP contribution is 2.22. The van der Waals surface area contributed by atoms with Crippen molar-refractivity contribution in [2.45, 2.75) is 13.8 Å². The van der Waals surface area contributed by atoms with Crippen LogP contribution in [0.25, 0.3) is 0 Å². The molecule has 0 bridgehead atoms. The van der Waals surface area contributed by atoms with Crippen molar-refractivity contribution in [2.24, 2.45) is 0 Å². The van der Waals surface area contributed by atoms with Crippen molar-refractivity contribution in [3.63, 3.8) is 0 Å². The quantitative estimate of drug-likeness (QED) is 0.638. The molecule has 0 saturated carbocycles. The summed E-state index contributed by atoms with van der Waals surface area (Å²) in [6, 6.07) is 13.5. The van der Waals surface area contributed by atoms with E-state index in [-0.39, 0.29) is 0 Å². The second-order valence-electron chi connectivity index (χ2n) is 5.26. The molecule has 0 aromatic heterocycles. The highest BCUT2D eigenvalue weighted by Gasteiger charge is 2.01. The van der Waals surface area contributed by atoms with Gasteiger partial charge >= 0.3 is 0 Å². The van der Waals surface area contributed by atoms with Crippen LogP contribution in [0.2, 0.25) is 5.02 Å². The van der Waals surface area contributed by atoms with Gasteiger partial charge in [-0.25, -0.2) is 0 Å². The Morgan fingerprint density at radius 2 is 1.88 bits per heavy atom. The molecule has 130 valence electrons. The van der Waals surface area contributed by atoms with E-state index in [1.165, 1.54) is 0 Å². The van der Waals surface area contributed by atoms with Gasteiger partial charge in [0.05, 0.1) is 6.61 Å². The third-order valence-electron chi connectivity index (χ3n) is 3.36. The lowest BCUT2D eigenvalue weighted by atomic mass is 10.2. The van der Waals surface area contributed by atoms with E-state index in [0.717, 1.165) is 27.8 Å². The minimum absolute atomic E-state index is 0.552. The predicted molar refractivity (Wildman–Crippen MR) is 98.6 cm³/mol. The zero-order chi connectivity index (χ0) is 17.2. The first kappa shape index (κ1) is 18.4. The number of rotatable bonds is 10. The first-order valence-corrected chi connectivity index (χ1v) is 8.50. The van der Waals surface area contributed by atoms with E-state index in [1.807, 2.05) is 56.3 Å². The van der Waals surface area contributed by atoms with Crippen LogP contribution in [0.1, 0.15) is 12.5 Å².